The molecule has 0 radical (unpaired) electrons. The Labute approximate surface area is 174 Å². The van der Waals surface area contributed by atoms with Gasteiger partial charge in [0.2, 0.25) is 5.91 Å². The van der Waals surface area contributed by atoms with Crippen LogP contribution in [-0.2, 0) is 11.8 Å². The van der Waals surface area contributed by atoms with Crippen LogP contribution >= 0.6 is 0 Å². The number of aromatic amines is 1. The van der Waals surface area contributed by atoms with Gasteiger partial charge in [0.15, 0.2) is 5.52 Å². The molecule has 6 rings (SSSR count). The SMILES string of the molecule is C[n+]1cc(C2CC2)nc2c(C(=O)NC(C(=O)N3CC4C(CO)C4C3)C3CC3)c[nH]c21. The van der Waals surface area contributed by atoms with Crippen LogP contribution in [0, 0.1) is 23.7 Å². The highest BCUT2D eigenvalue weighted by atomic mass is 16.3. The molecule has 2 amide bonds. The van der Waals surface area contributed by atoms with Gasteiger partial charge in [-0.3, -0.25) is 9.59 Å². The molecule has 2 aromatic rings. The Balaban J connectivity index is 1.22. The van der Waals surface area contributed by atoms with Crippen LogP contribution in [0.3, 0.4) is 0 Å². The van der Waals surface area contributed by atoms with E-state index in [1.165, 1.54) is 0 Å². The number of rotatable bonds is 6. The van der Waals surface area contributed by atoms with Gasteiger partial charge in [-0.2, -0.15) is 0 Å². The van der Waals surface area contributed by atoms with E-state index in [0.717, 1.165) is 37.0 Å². The van der Waals surface area contributed by atoms with Gasteiger partial charge in [-0.05, 0) is 49.4 Å². The van der Waals surface area contributed by atoms with Crippen LogP contribution in [0.15, 0.2) is 12.4 Å². The van der Waals surface area contributed by atoms with Crippen molar-refractivity contribution in [2.75, 3.05) is 19.7 Å². The summed E-state index contributed by atoms with van der Waals surface area (Å²) in [6.07, 6.45) is 7.99. The molecule has 0 bridgehead atoms. The molecule has 8 heteroatoms. The molecule has 0 aromatic carbocycles. The molecule has 1 saturated heterocycles. The van der Waals surface area contributed by atoms with Gasteiger partial charge in [0.05, 0.1) is 12.7 Å². The average molecular weight is 410 g/mol. The first-order chi connectivity index (χ1) is 14.5. The third kappa shape index (κ3) is 2.92. The highest BCUT2D eigenvalue weighted by Crippen LogP contribution is 2.51. The lowest BCUT2D eigenvalue weighted by Gasteiger charge is -2.26. The number of nitrogens with zero attached hydrogens (tertiary/aromatic N) is 3. The summed E-state index contributed by atoms with van der Waals surface area (Å²) in [5.41, 5.74) is 3.03. The van der Waals surface area contributed by atoms with Crippen molar-refractivity contribution < 1.29 is 19.3 Å². The van der Waals surface area contributed by atoms with E-state index in [0.29, 0.717) is 47.8 Å². The number of piperidine rings is 1. The number of aliphatic hydroxyl groups excluding tert-OH is 1. The van der Waals surface area contributed by atoms with Crippen LogP contribution in [-0.4, -0.2) is 57.5 Å². The largest absolute Gasteiger partial charge is 0.396 e. The van der Waals surface area contributed by atoms with Crippen molar-refractivity contribution >= 4 is 23.0 Å². The zero-order valence-electron chi connectivity index (χ0n) is 17.2. The quantitative estimate of drug-likeness (QED) is 0.603. The standard InChI is InChI=1S/C22H27N5O3/c1-26-9-17(11-2-3-11)24-19-13(6-23-20(19)26)21(29)25-18(12-4-5-12)22(30)27-7-14-15(8-27)16(14)10-28/h6,9,11-12,14-16,18,28H,2-5,7-8,10H2,1H3,(H,25,29)/p+1. The van der Waals surface area contributed by atoms with E-state index in [2.05, 4.69) is 10.3 Å². The summed E-state index contributed by atoms with van der Waals surface area (Å²) in [4.78, 5) is 36.2. The van der Waals surface area contributed by atoms with Crippen LogP contribution in [0.4, 0.5) is 0 Å². The Kier molecular flexibility index (Phi) is 3.97. The summed E-state index contributed by atoms with van der Waals surface area (Å²) in [5, 5.41) is 12.4. The minimum atomic E-state index is -0.465. The van der Waals surface area contributed by atoms with Crippen LogP contribution in [0.25, 0.3) is 11.2 Å². The number of carbonyl (C=O) groups is 2. The summed E-state index contributed by atoms with van der Waals surface area (Å²) >= 11 is 0. The predicted molar refractivity (Wildman–Crippen MR) is 107 cm³/mol. The van der Waals surface area contributed by atoms with Crippen LogP contribution in [0.1, 0.15) is 47.7 Å². The molecule has 0 spiro atoms. The molecule has 4 aliphatic rings. The monoisotopic (exact) mass is 410 g/mol. The fourth-order valence-corrected chi connectivity index (χ4v) is 5.28. The van der Waals surface area contributed by atoms with Gasteiger partial charge in [0.1, 0.15) is 24.0 Å². The summed E-state index contributed by atoms with van der Waals surface area (Å²) in [5.74, 6) is 1.76. The number of H-pyrrole nitrogens is 1. The summed E-state index contributed by atoms with van der Waals surface area (Å²) < 4.78 is 1.99. The summed E-state index contributed by atoms with van der Waals surface area (Å²) in [6.45, 7) is 1.64. The van der Waals surface area contributed by atoms with E-state index in [9.17, 15) is 14.7 Å². The van der Waals surface area contributed by atoms with Crippen LogP contribution in [0.2, 0.25) is 0 Å². The zero-order valence-corrected chi connectivity index (χ0v) is 17.2. The number of hydrogen-bond donors (Lipinski definition) is 3. The molecule has 3 N–H and O–H groups in total. The minimum Gasteiger partial charge on any atom is -0.396 e. The fourth-order valence-electron chi connectivity index (χ4n) is 5.28. The number of likely N-dealkylation sites (tertiary alicyclic amines) is 1. The average Bonchev–Trinajstić information content (AvgIpc) is 3.68. The van der Waals surface area contributed by atoms with E-state index in [1.807, 2.05) is 22.7 Å². The first-order valence-electron chi connectivity index (χ1n) is 11.1. The number of carbonyl (C=O) groups excluding carboxylic acids is 2. The zero-order chi connectivity index (χ0) is 20.6. The molecule has 3 heterocycles. The van der Waals surface area contributed by atoms with Crippen molar-refractivity contribution in [1.29, 1.82) is 0 Å². The summed E-state index contributed by atoms with van der Waals surface area (Å²) in [7, 11) is 1.96. The number of aliphatic hydroxyl groups is 1. The van der Waals surface area contributed by atoms with Crippen molar-refractivity contribution in [1.82, 2.24) is 20.2 Å². The Morgan fingerprint density at radius 1 is 1.30 bits per heavy atom. The number of aryl methyl sites for hydroxylation is 1. The van der Waals surface area contributed by atoms with Gasteiger partial charge in [-0.25, -0.2) is 14.5 Å². The molecule has 3 atom stereocenters. The van der Waals surface area contributed by atoms with Gasteiger partial charge in [-0.1, -0.05) is 0 Å². The molecule has 3 aliphatic carbocycles. The number of hydrogen-bond acceptors (Lipinski definition) is 4. The number of fused-ring (bicyclic) bond motifs is 2. The lowest BCUT2D eigenvalue weighted by atomic mass is 10.1. The highest BCUT2D eigenvalue weighted by Gasteiger charge is 2.57. The third-order valence-corrected chi connectivity index (χ3v) is 7.53. The second kappa shape index (κ2) is 6.51. The number of nitrogens with one attached hydrogen (secondary N) is 2. The van der Waals surface area contributed by atoms with Crippen molar-refractivity contribution in [2.45, 2.75) is 37.6 Å². The normalized spacial score (nSPS) is 28.5. The van der Waals surface area contributed by atoms with Crippen molar-refractivity contribution in [3.05, 3.63) is 23.7 Å². The molecular weight excluding hydrogens is 382 g/mol. The lowest BCUT2D eigenvalue weighted by molar-refractivity contribution is -0.647. The van der Waals surface area contributed by atoms with E-state index in [1.54, 1.807) is 6.20 Å². The topological polar surface area (TPSA) is 102 Å². The van der Waals surface area contributed by atoms with Crippen LogP contribution in [0.5, 0.6) is 0 Å². The van der Waals surface area contributed by atoms with Crippen molar-refractivity contribution in [3.63, 3.8) is 0 Å². The predicted octanol–water partition coefficient (Wildman–Crippen LogP) is 0.470. The Morgan fingerprint density at radius 2 is 2.03 bits per heavy atom. The first-order valence-corrected chi connectivity index (χ1v) is 11.1. The molecule has 3 unspecified atom stereocenters. The molecule has 158 valence electrons. The smallest absolute Gasteiger partial charge is 0.306 e. The highest BCUT2D eigenvalue weighted by molar-refractivity contribution is 6.05. The van der Waals surface area contributed by atoms with E-state index in [4.69, 9.17) is 4.98 Å². The maximum Gasteiger partial charge on any atom is 0.306 e. The third-order valence-electron chi connectivity index (χ3n) is 7.53. The van der Waals surface area contributed by atoms with Gasteiger partial charge >= 0.3 is 5.65 Å². The second-order valence-corrected chi connectivity index (χ2v) is 9.66. The van der Waals surface area contributed by atoms with Crippen LogP contribution < -0.4 is 9.88 Å². The molecule has 1 aliphatic heterocycles. The first kappa shape index (κ1) is 18.3. The Hall–Kier alpha value is -2.48. The molecule has 30 heavy (non-hydrogen) atoms. The summed E-state index contributed by atoms with van der Waals surface area (Å²) in [6, 6.07) is -0.465. The molecule has 4 fully saturated rings. The maximum absolute atomic E-state index is 13.2. The number of aromatic nitrogens is 3. The Morgan fingerprint density at radius 3 is 2.67 bits per heavy atom. The van der Waals surface area contributed by atoms with Crippen molar-refractivity contribution in [2.24, 2.45) is 30.7 Å². The second-order valence-electron chi connectivity index (χ2n) is 9.66. The van der Waals surface area contributed by atoms with E-state index >= 15 is 0 Å². The van der Waals surface area contributed by atoms with Gasteiger partial charge in [0.25, 0.3) is 5.91 Å². The maximum atomic E-state index is 13.2. The minimum absolute atomic E-state index is 0.0340. The number of amides is 2. The van der Waals surface area contributed by atoms with Gasteiger partial charge in [-0.15, -0.1) is 0 Å². The van der Waals surface area contributed by atoms with Crippen molar-refractivity contribution in [3.8, 4) is 0 Å². The van der Waals surface area contributed by atoms with Gasteiger partial charge in [0, 0.05) is 25.6 Å². The lowest BCUT2D eigenvalue weighted by Crippen LogP contribution is -2.50. The molecular formula is C22H28N5O3+. The van der Waals surface area contributed by atoms with Gasteiger partial charge < -0.3 is 15.3 Å². The molecule has 8 nitrogen and oxygen atoms in total. The van der Waals surface area contributed by atoms with E-state index < -0.39 is 6.04 Å². The molecule has 3 saturated carbocycles. The Bertz CT molecular complexity index is 1030. The fraction of sp³-hybridized carbons (Fsp3) is 0.636. The van der Waals surface area contributed by atoms with E-state index in [-0.39, 0.29) is 24.3 Å². The molecule has 2 aromatic heterocycles.